The molecule has 0 aromatic heterocycles. The summed E-state index contributed by atoms with van der Waals surface area (Å²) in [7, 11) is 1.30. The topological polar surface area (TPSA) is 58.6 Å². The molecule has 19 heavy (non-hydrogen) atoms. The van der Waals surface area contributed by atoms with Gasteiger partial charge >= 0.3 is 6.09 Å². The highest BCUT2D eigenvalue weighted by atomic mass is 79.9. The van der Waals surface area contributed by atoms with Gasteiger partial charge in [-0.15, -0.1) is 0 Å². The molecule has 0 fully saturated rings. The SMILES string of the molecule is COC(=O)NCCN(C(C)=O)c1ccc(C)cc1Br. The Hall–Kier alpha value is -1.56. The van der Waals surface area contributed by atoms with Gasteiger partial charge in [0.1, 0.15) is 0 Å². The van der Waals surface area contributed by atoms with Gasteiger partial charge in [0.2, 0.25) is 5.91 Å². The second-order valence-electron chi connectivity index (χ2n) is 4.04. The van der Waals surface area contributed by atoms with Crippen molar-refractivity contribution in [1.82, 2.24) is 5.32 Å². The van der Waals surface area contributed by atoms with Gasteiger partial charge in [-0.05, 0) is 40.5 Å². The van der Waals surface area contributed by atoms with Gasteiger partial charge in [0, 0.05) is 24.5 Å². The summed E-state index contributed by atoms with van der Waals surface area (Å²) in [5.41, 5.74) is 1.89. The van der Waals surface area contributed by atoms with Gasteiger partial charge in [0.15, 0.2) is 0 Å². The lowest BCUT2D eigenvalue weighted by Gasteiger charge is -2.22. The second-order valence-corrected chi connectivity index (χ2v) is 4.90. The lowest BCUT2D eigenvalue weighted by Crippen LogP contribution is -2.37. The summed E-state index contributed by atoms with van der Waals surface area (Å²) in [6.07, 6.45) is -0.508. The van der Waals surface area contributed by atoms with Crippen molar-refractivity contribution in [3.8, 4) is 0 Å². The fourth-order valence-electron chi connectivity index (χ4n) is 1.62. The largest absolute Gasteiger partial charge is 0.453 e. The first-order valence-electron chi connectivity index (χ1n) is 5.81. The normalized spacial score (nSPS) is 9.89. The zero-order chi connectivity index (χ0) is 14.4. The van der Waals surface area contributed by atoms with Crippen molar-refractivity contribution in [2.45, 2.75) is 13.8 Å². The minimum atomic E-state index is -0.508. The molecule has 0 aliphatic carbocycles. The average Bonchev–Trinajstić information content (AvgIpc) is 2.35. The average molecular weight is 329 g/mol. The van der Waals surface area contributed by atoms with Gasteiger partial charge < -0.3 is 15.0 Å². The summed E-state index contributed by atoms with van der Waals surface area (Å²) in [4.78, 5) is 24.2. The van der Waals surface area contributed by atoms with Crippen LogP contribution < -0.4 is 10.2 Å². The van der Waals surface area contributed by atoms with E-state index in [1.165, 1.54) is 14.0 Å². The molecule has 1 aromatic carbocycles. The summed E-state index contributed by atoms with van der Waals surface area (Å²) >= 11 is 3.44. The fourth-order valence-corrected chi connectivity index (χ4v) is 2.33. The molecule has 1 N–H and O–H groups in total. The van der Waals surface area contributed by atoms with Gasteiger partial charge in [-0.25, -0.2) is 4.79 Å². The molecule has 5 nitrogen and oxygen atoms in total. The number of carbonyl (C=O) groups excluding carboxylic acids is 2. The van der Waals surface area contributed by atoms with Crippen molar-refractivity contribution in [2.24, 2.45) is 0 Å². The Balaban J connectivity index is 2.77. The van der Waals surface area contributed by atoms with Crippen LogP contribution in [0.4, 0.5) is 10.5 Å². The molecule has 0 heterocycles. The standard InChI is InChI=1S/C13H17BrN2O3/c1-9-4-5-12(11(14)8-9)16(10(2)17)7-6-15-13(18)19-3/h4-5,8H,6-7H2,1-3H3,(H,15,18). The molecule has 0 spiro atoms. The van der Waals surface area contributed by atoms with E-state index in [0.717, 1.165) is 15.7 Å². The van der Waals surface area contributed by atoms with Crippen molar-refractivity contribution in [3.05, 3.63) is 28.2 Å². The smallest absolute Gasteiger partial charge is 0.406 e. The summed E-state index contributed by atoms with van der Waals surface area (Å²) in [5.74, 6) is -0.0868. The molecular formula is C13H17BrN2O3. The molecule has 0 radical (unpaired) electrons. The monoisotopic (exact) mass is 328 g/mol. The van der Waals surface area contributed by atoms with Crippen LogP contribution >= 0.6 is 15.9 Å². The summed E-state index contributed by atoms with van der Waals surface area (Å²) in [5, 5.41) is 2.55. The van der Waals surface area contributed by atoms with Gasteiger partial charge in [-0.2, -0.15) is 0 Å². The molecule has 0 saturated heterocycles. The minimum Gasteiger partial charge on any atom is -0.453 e. The molecular weight excluding hydrogens is 312 g/mol. The van der Waals surface area contributed by atoms with Gasteiger partial charge in [0.25, 0.3) is 0 Å². The number of nitrogens with one attached hydrogen (secondary N) is 1. The highest BCUT2D eigenvalue weighted by Gasteiger charge is 2.14. The number of alkyl carbamates (subject to hydrolysis) is 1. The number of rotatable bonds is 4. The first kappa shape index (κ1) is 15.5. The molecule has 2 amide bonds. The maximum atomic E-state index is 11.7. The number of anilines is 1. The number of hydrogen-bond acceptors (Lipinski definition) is 3. The van der Waals surface area contributed by atoms with Crippen LogP contribution in [0.15, 0.2) is 22.7 Å². The maximum Gasteiger partial charge on any atom is 0.406 e. The third kappa shape index (κ3) is 4.55. The molecule has 0 bridgehead atoms. The second kappa shape index (κ2) is 7.13. The summed E-state index contributed by atoms with van der Waals surface area (Å²) in [6, 6.07) is 5.75. The molecule has 0 saturated carbocycles. The van der Waals surface area contributed by atoms with Crippen LogP contribution in [0, 0.1) is 6.92 Å². The van der Waals surface area contributed by atoms with E-state index in [1.54, 1.807) is 4.90 Å². The highest BCUT2D eigenvalue weighted by Crippen LogP contribution is 2.27. The van der Waals surface area contributed by atoms with Gasteiger partial charge in [-0.1, -0.05) is 6.07 Å². The van der Waals surface area contributed by atoms with E-state index < -0.39 is 6.09 Å². The third-order valence-corrected chi connectivity index (χ3v) is 3.20. The number of aryl methyl sites for hydroxylation is 1. The van der Waals surface area contributed by atoms with E-state index in [4.69, 9.17) is 0 Å². The summed E-state index contributed by atoms with van der Waals surface area (Å²) < 4.78 is 5.32. The number of amides is 2. The number of benzene rings is 1. The van der Waals surface area contributed by atoms with Crippen LogP contribution in [-0.2, 0) is 9.53 Å². The molecule has 6 heteroatoms. The summed E-state index contributed by atoms with van der Waals surface area (Å²) in [6.45, 7) is 4.18. The molecule has 1 rings (SSSR count). The third-order valence-electron chi connectivity index (χ3n) is 2.56. The number of hydrogen-bond donors (Lipinski definition) is 1. The predicted octanol–water partition coefficient (Wildman–Crippen LogP) is 2.47. The Labute approximate surface area is 121 Å². The molecule has 0 unspecified atom stereocenters. The van der Waals surface area contributed by atoms with E-state index in [9.17, 15) is 9.59 Å². The number of ether oxygens (including phenoxy) is 1. The van der Waals surface area contributed by atoms with E-state index >= 15 is 0 Å². The Morgan fingerprint density at radius 1 is 1.42 bits per heavy atom. The molecule has 1 aromatic rings. The predicted molar refractivity (Wildman–Crippen MR) is 77.3 cm³/mol. The number of carbonyl (C=O) groups is 2. The Morgan fingerprint density at radius 2 is 2.11 bits per heavy atom. The Kier molecular flexibility index (Phi) is 5.82. The Bertz CT molecular complexity index is 477. The number of methoxy groups -OCH3 is 1. The molecule has 0 aliphatic heterocycles. The number of halogens is 1. The van der Waals surface area contributed by atoms with Crippen molar-refractivity contribution in [3.63, 3.8) is 0 Å². The molecule has 0 aliphatic rings. The molecule has 0 atom stereocenters. The van der Waals surface area contributed by atoms with Crippen molar-refractivity contribution in [1.29, 1.82) is 0 Å². The first-order valence-corrected chi connectivity index (χ1v) is 6.61. The highest BCUT2D eigenvalue weighted by molar-refractivity contribution is 9.10. The first-order chi connectivity index (χ1) is 8.95. The number of nitrogens with zero attached hydrogens (tertiary/aromatic N) is 1. The Morgan fingerprint density at radius 3 is 2.63 bits per heavy atom. The van der Waals surface area contributed by atoms with E-state index in [0.29, 0.717) is 13.1 Å². The van der Waals surface area contributed by atoms with E-state index in [1.807, 2.05) is 25.1 Å². The zero-order valence-electron chi connectivity index (χ0n) is 11.2. The fraction of sp³-hybridized carbons (Fsp3) is 0.385. The van der Waals surface area contributed by atoms with Crippen LogP contribution in [0.2, 0.25) is 0 Å². The van der Waals surface area contributed by atoms with Crippen molar-refractivity contribution in [2.75, 3.05) is 25.1 Å². The van der Waals surface area contributed by atoms with Crippen LogP contribution in [-0.4, -0.2) is 32.2 Å². The van der Waals surface area contributed by atoms with Gasteiger partial charge in [-0.3, -0.25) is 4.79 Å². The minimum absolute atomic E-state index is 0.0868. The lowest BCUT2D eigenvalue weighted by molar-refractivity contribution is -0.116. The van der Waals surface area contributed by atoms with E-state index in [2.05, 4.69) is 26.0 Å². The van der Waals surface area contributed by atoms with Crippen LogP contribution in [0.1, 0.15) is 12.5 Å². The van der Waals surface area contributed by atoms with E-state index in [-0.39, 0.29) is 5.91 Å². The maximum absolute atomic E-state index is 11.7. The van der Waals surface area contributed by atoms with Gasteiger partial charge in [0.05, 0.1) is 12.8 Å². The van der Waals surface area contributed by atoms with Crippen LogP contribution in [0.25, 0.3) is 0 Å². The lowest BCUT2D eigenvalue weighted by atomic mass is 10.2. The molecule has 104 valence electrons. The quantitative estimate of drug-likeness (QED) is 0.923. The van der Waals surface area contributed by atoms with Crippen LogP contribution in [0.5, 0.6) is 0 Å². The van der Waals surface area contributed by atoms with Crippen LogP contribution in [0.3, 0.4) is 0 Å². The zero-order valence-corrected chi connectivity index (χ0v) is 12.8. The van der Waals surface area contributed by atoms with Crippen molar-refractivity contribution < 1.29 is 14.3 Å². The van der Waals surface area contributed by atoms with Crippen molar-refractivity contribution >= 4 is 33.6 Å².